The zero-order valence-electron chi connectivity index (χ0n) is 7.63. The lowest BCUT2D eigenvalue weighted by molar-refractivity contribution is -0.116. The maximum Gasteiger partial charge on any atom is 0.152 e. The van der Waals surface area contributed by atoms with Crippen LogP contribution in [0.3, 0.4) is 0 Å². The van der Waals surface area contributed by atoms with Crippen molar-refractivity contribution in [2.75, 3.05) is 0 Å². The number of benzene rings is 1. The van der Waals surface area contributed by atoms with Crippen LogP contribution < -0.4 is 0 Å². The summed E-state index contributed by atoms with van der Waals surface area (Å²) in [5, 5.41) is 8.02. The quantitative estimate of drug-likeness (QED) is 0.787. The zero-order valence-corrected chi connectivity index (χ0v) is 8.38. The molecule has 1 unspecified atom stereocenters. The van der Waals surface area contributed by atoms with E-state index in [2.05, 4.69) is 0 Å². The fraction of sp³-hybridized carbons (Fsp3) is 0.300. The zero-order chi connectivity index (χ0) is 10.7. The molecule has 1 rings (SSSR count). The highest BCUT2D eigenvalue weighted by molar-refractivity contribution is 6.30. The van der Waals surface area contributed by atoms with Crippen LogP contribution >= 0.6 is 11.6 Å². The number of carbonyl (C=O) groups is 1. The van der Waals surface area contributed by atoms with E-state index < -0.39 is 17.8 Å². The maximum atomic E-state index is 12.9. The Kier molecular flexibility index (Phi) is 3.61. The maximum absolute atomic E-state index is 12.9. The van der Waals surface area contributed by atoms with Crippen LogP contribution in [0.1, 0.15) is 23.4 Å². The molecule has 0 saturated heterocycles. The fourth-order valence-corrected chi connectivity index (χ4v) is 1.24. The first-order chi connectivity index (χ1) is 6.56. The number of halogens is 2. The molecular weight excluding hydrogens is 207 g/mol. The van der Waals surface area contributed by atoms with E-state index in [4.69, 9.17) is 16.7 Å². The van der Waals surface area contributed by atoms with Crippen LogP contribution in [0.25, 0.3) is 0 Å². The van der Waals surface area contributed by atoms with E-state index in [1.54, 1.807) is 0 Å². The van der Waals surface area contributed by atoms with Crippen molar-refractivity contribution >= 4 is 17.4 Å². The highest BCUT2D eigenvalue weighted by Crippen LogP contribution is 2.23. The largest absolute Gasteiger partial charge is 0.392 e. The molecule has 0 aliphatic carbocycles. The number of hydrogen-bond acceptors (Lipinski definition) is 2. The SMILES string of the molecule is CC(=O)C(Cl)c1ccc(F)c(CO)c1. The van der Waals surface area contributed by atoms with Gasteiger partial charge in [0.2, 0.25) is 0 Å². The summed E-state index contributed by atoms with van der Waals surface area (Å²) in [6.45, 7) is 0.959. The first kappa shape index (κ1) is 11.1. The van der Waals surface area contributed by atoms with Gasteiger partial charge in [0.05, 0.1) is 6.61 Å². The molecule has 2 nitrogen and oxygen atoms in total. The highest BCUT2D eigenvalue weighted by Gasteiger charge is 2.14. The predicted octanol–water partition coefficient (Wildman–Crippen LogP) is 2.19. The van der Waals surface area contributed by atoms with Crippen molar-refractivity contribution in [3.63, 3.8) is 0 Å². The van der Waals surface area contributed by atoms with Crippen LogP contribution in [0.15, 0.2) is 18.2 Å². The molecule has 0 saturated carbocycles. The normalized spacial score (nSPS) is 12.6. The van der Waals surface area contributed by atoms with Gasteiger partial charge in [0.1, 0.15) is 11.2 Å². The molecule has 14 heavy (non-hydrogen) atoms. The molecule has 0 radical (unpaired) electrons. The molecule has 0 aliphatic rings. The van der Waals surface area contributed by atoms with Gasteiger partial charge in [0.15, 0.2) is 5.78 Å². The van der Waals surface area contributed by atoms with E-state index in [1.165, 1.54) is 25.1 Å². The summed E-state index contributed by atoms with van der Waals surface area (Å²) in [6, 6.07) is 4.03. The topological polar surface area (TPSA) is 37.3 Å². The van der Waals surface area contributed by atoms with Crippen LogP contribution in [-0.2, 0) is 11.4 Å². The number of hydrogen-bond donors (Lipinski definition) is 1. The molecule has 0 amide bonds. The molecule has 1 atom stereocenters. The Morgan fingerprint density at radius 2 is 2.29 bits per heavy atom. The number of ketones is 1. The van der Waals surface area contributed by atoms with Gasteiger partial charge in [-0.05, 0) is 24.6 Å². The number of alkyl halides is 1. The average Bonchev–Trinajstić information content (AvgIpc) is 2.17. The minimum atomic E-state index is -0.777. The molecule has 0 spiro atoms. The fourth-order valence-electron chi connectivity index (χ4n) is 1.11. The average molecular weight is 217 g/mol. The number of rotatable bonds is 3. The molecule has 0 heterocycles. The highest BCUT2D eigenvalue weighted by atomic mass is 35.5. The Morgan fingerprint density at radius 1 is 1.64 bits per heavy atom. The summed E-state index contributed by atoms with van der Waals surface area (Å²) in [6.07, 6.45) is 0. The Balaban J connectivity index is 3.06. The lowest BCUT2D eigenvalue weighted by Crippen LogP contribution is -2.03. The summed E-state index contributed by atoms with van der Waals surface area (Å²) in [4.78, 5) is 10.9. The predicted molar refractivity (Wildman–Crippen MR) is 51.6 cm³/mol. The van der Waals surface area contributed by atoms with E-state index in [0.717, 1.165) is 0 Å². The lowest BCUT2D eigenvalue weighted by atomic mass is 10.1. The van der Waals surface area contributed by atoms with Gasteiger partial charge in [-0.15, -0.1) is 11.6 Å². The number of carbonyl (C=O) groups excluding carboxylic acids is 1. The molecule has 0 aliphatic heterocycles. The van der Waals surface area contributed by atoms with E-state index in [1.807, 2.05) is 0 Å². The second-order valence-electron chi connectivity index (χ2n) is 2.98. The molecule has 1 aromatic rings. The van der Waals surface area contributed by atoms with Gasteiger partial charge in [0, 0.05) is 5.56 Å². The summed E-state index contributed by atoms with van der Waals surface area (Å²) in [5.74, 6) is -0.703. The summed E-state index contributed by atoms with van der Waals surface area (Å²) >= 11 is 5.77. The van der Waals surface area contributed by atoms with E-state index >= 15 is 0 Å². The van der Waals surface area contributed by atoms with Crippen molar-refractivity contribution < 1.29 is 14.3 Å². The standard InChI is InChI=1S/C10H10ClFO2/c1-6(14)10(11)7-2-3-9(12)8(4-7)5-13/h2-4,10,13H,5H2,1H3. The number of aliphatic hydroxyl groups is 1. The van der Waals surface area contributed by atoms with Crippen molar-refractivity contribution in [1.82, 2.24) is 0 Å². The van der Waals surface area contributed by atoms with Crippen LogP contribution in [0.4, 0.5) is 4.39 Å². The van der Waals surface area contributed by atoms with Gasteiger partial charge in [-0.3, -0.25) is 4.79 Å². The third-order valence-electron chi connectivity index (χ3n) is 1.89. The Labute approximate surface area is 86.3 Å². The van der Waals surface area contributed by atoms with Gasteiger partial charge >= 0.3 is 0 Å². The molecule has 1 aromatic carbocycles. The number of Topliss-reactive ketones (excluding diaryl/α,β-unsaturated/α-hetero) is 1. The first-order valence-corrected chi connectivity index (χ1v) is 4.53. The van der Waals surface area contributed by atoms with Crippen molar-refractivity contribution in [2.45, 2.75) is 18.9 Å². The molecule has 4 heteroatoms. The second kappa shape index (κ2) is 4.53. The van der Waals surface area contributed by atoms with Gasteiger partial charge < -0.3 is 5.11 Å². The third-order valence-corrected chi connectivity index (χ3v) is 2.45. The molecular formula is C10H10ClFO2. The minimum Gasteiger partial charge on any atom is -0.392 e. The Morgan fingerprint density at radius 3 is 2.79 bits per heavy atom. The van der Waals surface area contributed by atoms with E-state index in [0.29, 0.717) is 5.56 Å². The first-order valence-electron chi connectivity index (χ1n) is 4.10. The summed E-state index contributed by atoms with van der Waals surface area (Å²) in [7, 11) is 0. The van der Waals surface area contributed by atoms with Crippen molar-refractivity contribution in [1.29, 1.82) is 0 Å². The van der Waals surface area contributed by atoms with Gasteiger partial charge in [0.25, 0.3) is 0 Å². The monoisotopic (exact) mass is 216 g/mol. The van der Waals surface area contributed by atoms with Gasteiger partial charge in [-0.1, -0.05) is 6.07 Å². The summed E-state index contributed by atoms with van der Waals surface area (Å²) in [5.41, 5.74) is 0.652. The van der Waals surface area contributed by atoms with Gasteiger partial charge in [-0.2, -0.15) is 0 Å². The van der Waals surface area contributed by atoms with Crippen LogP contribution in [0, 0.1) is 5.82 Å². The second-order valence-corrected chi connectivity index (χ2v) is 3.42. The third kappa shape index (κ3) is 2.30. The van der Waals surface area contributed by atoms with Crippen molar-refractivity contribution in [3.05, 3.63) is 35.1 Å². The number of aliphatic hydroxyl groups excluding tert-OH is 1. The van der Waals surface area contributed by atoms with Gasteiger partial charge in [-0.25, -0.2) is 4.39 Å². The van der Waals surface area contributed by atoms with Crippen molar-refractivity contribution in [2.24, 2.45) is 0 Å². The Bertz CT molecular complexity index is 352. The Hall–Kier alpha value is -0.930. The van der Waals surface area contributed by atoms with Crippen LogP contribution in [0.5, 0.6) is 0 Å². The smallest absolute Gasteiger partial charge is 0.152 e. The minimum absolute atomic E-state index is 0.148. The molecule has 0 bridgehead atoms. The van der Waals surface area contributed by atoms with Crippen molar-refractivity contribution in [3.8, 4) is 0 Å². The summed E-state index contributed by atoms with van der Waals surface area (Å²) < 4.78 is 12.9. The molecule has 76 valence electrons. The van der Waals surface area contributed by atoms with E-state index in [-0.39, 0.29) is 11.3 Å². The molecule has 1 N–H and O–H groups in total. The van der Waals surface area contributed by atoms with Crippen LogP contribution in [0.2, 0.25) is 0 Å². The lowest BCUT2D eigenvalue weighted by Gasteiger charge is -2.07. The molecule has 0 aromatic heterocycles. The van der Waals surface area contributed by atoms with E-state index in [9.17, 15) is 9.18 Å². The molecule has 0 fully saturated rings. The van der Waals surface area contributed by atoms with Crippen LogP contribution in [-0.4, -0.2) is 10.9 Å².